The molecule has 0 radical (unpaired) electrons. The van der Waals surface area contributed by atoms with Gasteiger partial charge in [0.2, 0.25) is 9.81 Å². The van der Waals surface area contributed by atoms with Gasteiger partial charge in [0, 0.05) is 5.39 Å². The third-order valence-corrected chi connectivity index (χ3v) is 5.04. The Balaban J connectivity index is 1.71. The van der Waals surface area contributed by atoms with Crippen molar-refractivity contribution >= 4 is 34.2 Å². The molecule has 0 atom stereocenters. The first-order valence-electron chi connectivity index (χ1n) is 9.26. The first-order chi connectivity index (χ1) is 15.1. The zero-order valence-electron chi connectivity index (χ0n) is 16.3. The van der Waals surface area contributed by atoms with E-state index in [4.69, 9.17) is 9.15 Å². The fourth-order valence-electron chi connectivity index (χ4n) is 2.75. The quantitative estimate of drug-likeness (QED) is 0.292. The zero-order chi connectivity index (χ0) is 21.8. The molecule has 2 aromatic carbocycles. The number of fused-ring (bicyclic) bond motifs is 1. The molecule has 4 aromatic rings. The lowest BCUT2D eigenvalue weighted by Crippen LogP contribution is -2.27. The number of carbonyl (C=O) groups excluding carboxylic acids is 2. The number of nitrogens with one attached hydrogen (secondary N) is 1. The van der Waals surface area contributed by atoms with Gasteiger partial charge in [-0.15, -0.1) is 10.2 Å². The van der Waals surface area contributed by atoms with E-state index in [1.54, 1.807) is 55.5 Å². The Bertz CT molecular complexity index is 1390. The number of esters is 1. The highest BCUT2D eigenvalue weighted by molar-refractivity contribution is 7.10. The van der Waals surface area contributed by atoms with E-state index in [0.29, 0.717) is 16.7 Å². The highest BCUT2D eigenvalue weighted by atomic mass is 32.1. The Kier molecular flexibility index (Phi) is 5.72. The van der Waals surface area contributed by atoms with Crippen LogP contribution in [-0.2, 0) is 4.74 Å². The lowest BCUT2D eigenvalue weighted by Gasteiger charge is -2.02. The molecular weight excluding hydrogens is 420 g/mol. The van der Waals surface area contributed by atoms with Crippen LogP contribution in [0, 0.1) is 0 Å². The summed E-state index contributed by atoms with van der Waals surface area (Å²) < 4.78 is 11.6. The molecule has 0 bridgehead atoms. The van der Waals surface area contributed by atoms with Gasteiger partial charge in [0.1, 0.15) is 11.1 Å². The highest BCUT2D eigenvalue weighted by Crippen LogP contribution is 2.12. The van der Waals surface area contributed by atoms with E-state index in [1.807, 2.05) is 6.07 Å². The van der Waals surface area contributed by atoms with Crippen molar-refractivity contribution in [2.24, 2.45) is 5.10 Å². The van der Waals surface area contributed by atoms with Gasteiger partial charge < -0.3 is 9.15 Å². The molecule has 0 aliphatic heterocycles. The van der Waals surface area contributed by atoms with Crippen molar-refractivity contribution in [3.05, 3.63) is 86.5 Å². The maximum Gasteiger partial charge on any atom is 0.369 e. The SMILES string of the molecule is CCOC(=O)c1nn(-c2ccccc2)/c(=N/NC(=O)c2cc3ccccc3oc2=O)s1. The fourth-order valence-corrected chi connectivity index (χ4v) is 3.51. The summed E-state index contributed by atoms with van der Waals surface area (Å²) in [7, 11) is 0. The topological polar surface area (TPSA) is 116 Å². The number of aromatic nitrogens is 2. The number of ether oxygens (including phenoxy) is 1. The van der Waals surface area contributed by atoms with Gasteiger partial charge in [-0.2, -0.15) is 0 Å². The largest absolute Gasteiger partial charge is 0.461 e. The zero-order valence-corrected chi connectivity index (χ0v) is 17.1. The summed E-state index contributed by atoms with van der Waals surface area (Å²) in [6.45, 7) is 1.89. The Morgan fingerprint density at radius 2 is 1.90 bits per heavy atom. The van der Waals surface area contributed by atoms with Gasteiger partial charge in [-0.25, -0.2) is 19.7 Å². The minimum atomic E-state index is -0.779. The van der Waals surface area contributed by atoms with Crippen molar-refractivity contribution in [1.29, 1.82) is 0 Å². The van der Waals surface area contributed by atoms with Crippen LogP contribution in [0.4, 0.5) is 0 Å². The molecule has 31 heavy (non-hydrogen) atoms. The van der Waals surface area contributed by atoms with Crippen molar-refractivity contribution in [2.75, 3.05) is 6.61 Å². The van der Waals surface area contributed by atoms with Crippen LogP contribution >= 0.6 is 11.3 Å². The van der Waals surface area contributed by atoms with Crippen molar-refractivity contribution in [2.45, 2.75) is 6.92 Å². The van der Waals surface area contributed by atoms with Crippen LogP contribution in [-0.4, -0.2) is 28.3 Å². The molecule has 1 N–H and O–H groups in total. The molecule has 0 unspecified atom stereocenters. The number of rotatable bonds is 5. The van der Waals surface area contributed by atoms with Gasteiger partial charge in [0.25, 0.3) is 5.91 Å². The smallest absolute Gasteiger partial charge is 0.369 e. The number of carbonyl (C=O) groups is 2. The van der Waals surface area contributed by atoms with Crippen LogP contribution in [0.25, 0.3) is 16.7 Å². The van der Waals surface area contributed by atoms with Gasteiger partial charge in [-0.3, -0.25) is 4.79 Å². The highest BCUT2D eigenvalue weighted by Gasteiger charge is 2.17. The maximum absolute atomic E-state index is 12.6. The molecule has 9 nitrogen and oxygen atoms in total. The summed E-state index contributed by atoms with van der Waals surface area (Å²) in [6.07, 6.45) is 0. The summed E-state index contributed by atoms with van der Waals surface area (Å²) in [5.41, 5.74) is 2.38. The van der Waals surface area contributed by atoms with Gasteiger partial charge in [-0.1, -0.05) is 47.7 Å². The molecule has 0 saturated carbocycles. The van der Waals surface area contributed by atoms with Crippen molar-refractivity contribution in [1.82, 2.24) is 15.2 Å². The van der Waals surface area contributed by atoms with E-state index < -0.39 is 17.5 Å². The third-order valence-electron chi connectivity index (χ3n) is 4.15. The molecule has 0 aliphatic carbocycles. The normalized spacial score (nSPS) is 11.5. The second kappa shape index (κ2) is 8.76. The molecule has 2 heterocycles. The second-order valence-electron chi connectivity index (χ2n) is 6.20. The molecule has 0 saturated heterocycles. The van der Waals surface area contributed by atoms with Crippen LogP contribution < -0.4 is 15.9 Å². The van der Waals surface area contributed by atoms with Crippen LogP contribution in [0.5, 0.6) is 0 Å². The molecule has 0 spiro atoms. The summed E-state index contributed by atoms with van der Waals surface area (Å²) in [5, 5.41) is 9.00. The van der Waals surface area contributed by atoms with E-state index in [0.717, 1.165) is 11.3 Å². The molecule has 0 aliphatic rings. The molecule has 4 rings (SSSR count). The van der Waals surface area contributed by atoms with Gasteiger partial charge in [0.15, 0.2) is 0 Å². The minimum absolute atomic E-state index is 0.0731. The van der Waals surface area contributed by atoms with Crippen LogP contribution in [0.1, 0.15) is 27.1 Å². The Morgan fingerprint density at radius 1 is 1.16 bits per heavy atom. The summed E-state index contributed by atoms with van der Waals surface area (Å²) in [6, 6.07) is 17.3. The molecule has 1 amide bonds. The first kappa shape index (κ1) is 20.2. The van der Waals surface area contributed by atoms with Crippen molar-refractivity contribution in [3.8, 4) is 5.69 Å². The number of amides is 1. The van der Waals surface area contributed by atoms with E-state index in [9.17, 15) is 14.4 Å². The standard InChI is InChI=1S/C21H16N4O5S/c1-2-29-20(28)18-24-25(14-9-4-3-5-10-14)21(31-18)23-22-17(26)15-12-13-8-6-7-11-16(13)30-19(15)27/h3-12H,2H2,1H3,(H,22,26)/b23-21-. The Labute approximate surface area is 179 Å². The van der Waals surface area contributed by atoms with E-state index >= 15 is 0 Å². The van der Waals surface area contributed by atoms with Crippen molar-refractivity contribution in [3.63, 3.8) is 0 Å². The van der Waals surface area contributed by atoms with Crippen molar-refractivity contribution < 1.29 is 18.7 Å². The van der Waals surface area contributed by atoms with E-state index in [1.165, 1.54) is 10.7 Å². The van der Waals surface area contributed by atoms with E-state index in [-0.39, 0.29) is 22.0 Å². The van der Waals surface area contributed by atoms with E-state index in [2.05, 4.69) is 15.6 Å². The average Bonchev–Trinajstić information content (AvgIpc) is 3.22. The molecule has 2 aromatic heterocycles. The van der Waals surface area contributed by atoms with Gasteiger partial charge in [0.05, 0.1) is 12.3 Å². The van der Waals surface area contributed by atoms with Gasteiger partial charge in [-0.05, 0) is 31.2 Å². The van der Waals surface area contributed by atoms with Crippen LogP contribution in [0.2, 0.25) is 0 Å². The monoisotopic (exact) mass is 436 g/mol. The lowest BCUT2D eigenvalue weighted by atomic mass is 10.2. The average molecular weight is 436 g/mol. The molecule has 10 heteroatoms. The molecule has 0 fully saturated rings. The lowest BCUT2D eigenvalue weighted by molar-refractivity contribution is 0.0524. The summed E-state index contributed by atoms with van der Waals surface area (Å²) in [4.78, 5) is 37.1. The summed E-state index contributed by atoms with van der Waals surface area (Å²) in [5.74, 6) is -1.34. The fraction of sp³-hybridized carbons (Fsp3) is 0.0952. The van der Waals surface area contributed by atoms with Gasteiger partial charge >= 0.3 is 11.6 Å². The van der Waals surface area contributed by atoms with Crippen LogP contribution in [0.15, 0.2) is 75.0 Å². The predicted molar refractivity (Wildman–Crippen MR) is 113 cm³/mol. The molecule has 156 valence electrons. The second-order valence-corrected chi connectivity index (χ2v) is 7.15. The Morgan fingerprint density at radius 3 is 2.68 bits per heavy atom. The summed E-state index contributed by atoms with van der Waals surface area (Å²) >= 11 is 0.941. The molecular formula is C21H16N4O5S. The number of benzene rings is 2. The maximum atomic E-state index is 12.6. The van der Waals surface area contributed by atoms with Crippen LogP contribution in [0.3, 0.4) is 0 Å². The number of nitrogens with zero attached hydrogens (tertiary/aromatic N) is 3. The minimum Gasteiger partial charge on any atom is -0.461 e. The number of para-hydroxylation sites is 2. The predicted octanol–water partition coefficient (Wildman–Crippen LogP) is 2.46. The third kappa shape index (κ3) is 4.28. The number of hydrogen-bond acceptors (Lipinski definition) is 8. The number of hydrogen-bond donors (Lipinski definition) is 1. The Hall–Kier alpha value is -4.05. The first-order valence-corrected chi connectivity index (χ1v) is 10.1.